The fraction of sp³-hybridized carbons (Fsp3) is 0.360. The maximum atomic E-state index is 13.5. The van der Waals surface area contributed by atoms with Crippen molar-refractivity contribution in [2.75, 3.05) is 11.9 Å². The number of amides is 1. The fourth-order valence-electron chi connectivity index (χ4n) is 4.50. The Morgan fingerprint density at radius 3 is 2.14 bits per heavy atom. The summed E-state index contributed by atoms with van der Waals surface area (Å²) in [5.41, 5.74) is -2.02. The minimum absolute atomic E-state index is 0.0113. The normalized spacial score (nSPS) is 18.8. The molecule has 1 N–H and O–H groups in total. The van der Waals surface area contributed by atoms with E-state index in [0.717, 1.165) is 18.2 Å². The second-order valence-corrected chi connectivity index (χ2v) is 8.85. The summed E-state index contributed by atoms with van der Waals surface area (Å²) >= 11 is 0. The maximum absolute atomic E-state index is 13.5. The zero-order valence-electron chi connectivity index (χ0n) is 19.1. The van der Waals surface area contributed by atoms with Gasteiger partial charge in [0.15, 0.2) is 0 Å². The number of alkyl halides is 6. The van der Waals surface area contributed by atoms with E-state index in [-0.39, 0.29) is 34.6 Å². The van der Waals surface area contributed by atoms with E-state index in [1.54, 1.807) is 11.9 Å². The van der Waals surface area contributed by atoms with E-state index in [1.807, 2.05) is 0 Å². The zero-order chi connectivity index (χ0) is 26.3. The van der Waals surface area contributed by atoms with Gasteiger partial charge in [0.1, 0.15) is 11.5 Å². The summed E-state index contributed by atoms with van der Waals surface area (Å²) in [5.74, 6) is -0.823. The topological polar surface area (TPSA) is 45.2 Å². The number of benzene rings is 2. The first-order valence-corrected chi connectivity index (χ1v) is 11.2. The van der Waals surface area contributed by atoms with Gasteiger partial charge in [0.25, 0.3) is 5.91 Å². The fourth-order valence-corrected chi connectivity index (χ4v) is 4.50. The summed E-state index contributed by atoms with van der Waals surface area (Å²) in [6, 6.07) is 7.92. The summed E-state index contributed by atoms with van der Waals surface area (Å²) in [7, 11) is 1.55. The second-order valence-electron chi connectivity index (χ2n) is 8.85. The van der Waals surface area contributed by atoms with Crippen molar-refractivity contribution in [1.29, 1.82) is 0 Å². The lowest BCUT2D eigenvalue weighted by molar-refractivity contribution is -0.141. The van der Waals surface area contributed by atoms with Crippen LogP contribution < -0.4 is 10.2 Å². The van der Waals surface area contributed by atoms with Crippen molar-refractivity contribution < 1.29 is 35.5 Å². The van der Waals surface area contributed by atoms with Gasteiger partial charge in [-0.15, -0.1) is 0 Å². The Morgan fingerprint density at radius 2 is 1.56 bits per heavy atom. The largest absolute Gasteiger partial charge is 0.433 e. The minimum Gasteiger partial charge on any atom is -0.371 e. The van der Waals surface area contributed by atoms with Crippen LogP contribution in [0.5, 0.6) is 0 Å². The summed E-state index contributed by atoms with van der Waals surface area (Å²) in [4.78, 5) is 17.5. The van der Waals surface area contributed by atoms with Crippen LogP contribution in [-0.4, -0.2) is 30.0 Å². The number of fused-ring (bicyclic) bond motifs is 1. The molecule has 3 aromatic rings. The van der Waals surface area contributed by atoms with Gasteiger partial charge in [-0.25, -0.2) is 9.37 Å². The van der Waals surface area contributed by atoms with Gasteiger partial charge in [-0.05, 0) is 74.2 Å². The Bertz CT molecular complexity index is 1250. The predicted molar refractivity (Wildman–Crippen MR) is 120 cm³/mol. The summed E-state index contributed by atoms with van der Waals surface area (Å²) in [5, 5.41) is 2.85. The van der Waals surface area contributed by atoms with Gasteiger partial charge in [-0.1, -0.05) is 0 Å². The molecule has 1 aliphatic rings. The number of pyridine rings is 1. The monoisotopic (exact) mass is 513 g/mol. The SMILES string of the molecule is CN(c1cc(C(F)(F)F)nc2ccc(C(F)(F)F)cc12)C1CCC(NC(=O)c2ccc(F)cc2)CC1. The van der Waals surface area contributed by atoms with Crippen LogP contribution in [0.2, 0.25) is 0 Å². The highest BCUT2D eigenvalue weighted by Gasteiger charge is 2.36. The van der Waals surface area contributed by atoms with Gasteiger partial charge in [0, 0.05) is 35.8 Å². The van der Waals surface area contributed by atoms with E-state index < -0.39 is 29.4 Å². The Balaban J connectivity index is 1.55. The minimum atomic E-state index is -4.77. The number of anilines is 1. The molecule has 1 amide bonds. The first-order valence-electron chi connectivity index (χ1n) is 11.2. The number of hydrogen-bond donors (Lipinski definition) is 1. The smallest absolute Gasteiger partial charge is 0.371 e. The molecule has 1 aliphatic carbocycles. The molecule has 192 valence electrons. The third-order valence-corrected chi connectivity index (χ3v) is 6.47. The molecule has 1 saturated carbocycles. The van der Waals surface area contributed by atoms with E-state index in [4.69, 9.17) is 0 Å². The molecule has 4 rings (SSSR count). The van der Waals surface area contributed by atoms with Crippen molar-refractivity contribution in [3.63, 3.8) is 0 Å². The number of carbonyl (C=O) groups is 1. The molecule has 0 saturated heterocycles. The van der Waals surface area contributed by atoms with Crippen LogP contribution >= 0.6 is 0 Å². The Hall–Kier alpha value is -3.37. The molecule has 1 aromatic heterocycles. The highest BCUT2D eigenvalue weighted by atomic mass is 19.4. The van der Waals surface area contributed by atoms with Gasteiger partial charge >= 0.3 is 12.4 Å². The molecule has 4 nitrogen and oxygen atoms in total. The van der Waals surface area contributed by atoms with Crippen LogP contribution in [0.4, 0.5) is 36.4 Å². The van der Waals surface area contributed by atoms with E-state index in [9.17, 15) is 35.5 Å². The van der Waals surface area contributed by atoms with E-state index >= 15 is 0 Å². The number of hydrogen-bond acceptors (Lipinski definition) is 3. The van der Waals surface area contributed by atoms with E-state index in [1.165, 1.54) is 24.3 Å². The Kier molecular flexibility index (Phi) is 6.85. The summed E-state index contributed by atoms with van der Waals surface area (Å²) in [6.45, 7) is 0. The third kappa shape index (κ3) is 5.55. The van der Waals surface area contributed by atoms with Crippen molar-refractivity contribution in [3.05, 3.63) is 71.2 Å². The molecule has 0 radical (unpaired) electrons. The first-order chi connectivity index (χ1) is 16.8. The summed E-state index contributed by atoms with van der Waals surface area (Å²) in [6.07, 6.45) is -7.40. The number of aromatic nitrogens is 1. The number of carbonyl (C=O) groups excluding carboxylic acids is 1. The van der Waals surface area contributed by atoms with Crippen molar-refractivity contribution in [2.45, 2.75) is 50.1 Å². The van der Waals surface area contributed by atoms with Crippen molar-refractivity contribution in [2.24, 2.45) is 0 Å². The number of halogens is 7. The van der Waals surface area contributed by atoms with E-state index in [0.29, 0.717) is 37.3 Å². The Morgan fingerprint density at radius 1 is 0.917 bits per heavy atom. The number of nitrogens with one attached hydrogen (secondary N) is 1. The van der Waals surface area contributed by atoms with Crippen LogP contribution in [0.1, 0.15) is 47.3 Å². The molecule has 36 heavy (non-hydrogen) atoms. The lowest BCUT2D eigenvalue weighted by Gasteiger charge is -2.37. The molecule has 0 unspecified atom stereocenters. The molecular formula is C25H22F7N3O. The van der Waals surface area contributed by atoms with Crippen LogP contribution in [0, 0.1) is 5.82 Å². The highest BCUT2D eigenvalue weighted by Crippen LogP contribution is 2.39. The maximum Gasteiger partial charge on any atom is 0.433 e. The van der Waals surface area contributed by atoms with Crippen LogP contribution in [0.25, 0.3) is 10.9 Å². The molecule has 2 aromatic carbocycles. The molecule has 0 spiro atoms. The lowest BCUT2D eigenvalue weighted by atomic mass is 9.89. The Labute approximate surface area is 202 Å². The van der Waals surface area contributed by atoms with Crippen LogP contribution in [-0.2, 0) is 12.4 Å². The zero-order valence-corrected chi connectivity index (χ0v) is 19.1. The van der Waals surface area contributed by atoms with Crippen LogP contribution in [0.15, 0.2) is 48.5 Å². The molecule has 0 atom stereocenters. The molecule has 1 heterocycles. The van der Waals surface area contributed by atoms with Gasteiger partial charge in [-0.3, -0.25) is 4.79 Å². The van der Waals surface area contributed by atoms with Gasteiger partial charge in [0.05, 0.1) is 11.1 Å². The molecule has 0 aliphatic heterocycles. The quantitative estimate of drug-likeness (QED) is 0.401. The molecular weight excluding hydrogens is 491 g/mol. The summed E-state index contributed by atoms with van der Waals surface area (Å²) < 4.78 is 93.4. The van der Waals surface area contributed by atoms with Gasteiger partial charge in [0.2, 0.25) is 0 Å². The predicted octanol–water partition coefficient (Wildman–Crippen LogP) is 6.59. The number of nitrogens with zero attached hydrogens (tertiary/aromatic N) is 2. The van der Waals surface area contributed by atoms with E-state index in [2.05, 4.69) is 10.3 Å². The van der Waals surface area contributed by atoms with Crippen LogP contribution in [0.3, 0.4) is 0 Å². The van der Waals surface area contributed by atoms with Crippen molar-refractivity contribution in [1.82, 2.24) is 10.3 Å². The average Bonchev–Trinajstić information content (AvgIpc) is 2.82. The molecule has 1 fully saturated rings. The average molecular weight is 513 g/mol. The lowest BCUT2D eigenvalue weighted by Crippen LogP contribution is -2.43. The highest BCUT2D eigenvalue weighted by molar-refractivity contribution is 5.94. The van der Waals surface area contributed by atoms with Gasteiger partial charge < -0.3 is 10.2 Å². The van der Waals surface area contributed by atoms with Gasteiger partial charge in [-0.2, -0.15) is 26.3 Å². The molecule has 0 bridgehead atoms. The van der Waals surface area contributed by atoms with Crippen molar-refractivity contribution >= 4 is 22.5 Å². The van der Waals surface area contributed by atoms with Crippen molar-refractivity contribution in [3.8, 4) is 0 Å². The standard InChI is InChI=1S/C25H22F7N3O/c1-35(18-9-7-17(8-10-18)33-23(36)14-2-5-16(26)6-3-14)21-13-22(25(30,31)32)34-20-11-4-15(12-19(20)21)24(27,28)29/h2-6,11-13,17-18H,7-10H2,1H3,(H,33,36). The first kappa shape index (κ1) is 25.7. The third-order valence-electron chi connectivity index (χ3n) is 6.47. The second kappa shape index (κ2) is 9.59. The molecule has 11 heteroatoms. The number of rotatable bonds is 4.